The molecule has 3 aliphatic rings. The molecule has 2 heterocycles. The first-order valence-corrected chi connectivity index (χ1v) is 13.0. The minimum Gasteiger partial charge on any atom is -0.478 e. The second-order valence-electron chi connectivity index (χ2n) is 10.2. The summed E-state index contributed by atoms with van der Waals surface area (Å²) in [7, 11) is 1.77. The molecule has 1 amide bonds. The van der Waals surface area contributed by atoms with Crippen molar-refractivity contribution >= 4 is 28.8 Å². The molecule has 1 saturated heterocycles. The van der Waals surface area contributed by atoms with Crippen LogP contribution in [0.3, 0.4) is 0 Å². The molecular weight excluding hydrogens is 438 g/mol. The van der Waals surface area contributed by atoms with Crippen molar-refractivity contribution < 1.29 is 14.7 Å². The highest BCUT2D eigenvalue weighted by molar-refractivity contribution is 6.33. The lowest BCUT2D eigenvalue weighted by Gasteiger charge is -2.28. The predicted molar refractivity (Wildman–Crippen MR) is 139 cm³/mol. The normalized spacial score (nSPS) is 20.6. The van der Waals surface area contributed by atoms with E-state index in [-0.39, 0.29) is 17.4 Å². The number of likely N-dealkylation sites (tertiary alicyclic amines) is 1. The monoisotopic (exact) mass is 473 g/mol. The average molecular weight is 474 g/mol. The van der Waals surface area contributed by atoms with Gasteiger partial charge in [-0.2, -0.15) is 0 Å². The Morgan fingerprint density at radius 3 is 2.34 bits per heavy atom. The van der Waals surface area contributed by atoms with Gasteiger partial charge in [-0.05, 0) is 80.6 Å². The third-order valence-corrected chi connectivity index (χ3v) is 7.76. The highest BCUT2D eigenvalue weighted by Crippen LogP contribution is 2.42. The molecule has 1 aliphatic carbocycles. The van der Waals surface area contributed by atoms with Crippen molar-refractivity contribution in [3.8, 4) is 0 Å². The van der Waals surface area contributed by atoms with E-state index in [9.17, 15) is 14.7 Å². The third kappa shape index (κ3) is 4.98. The van der Waals surface area contributed by atoms with Gasteiger partial charge in [0.2, 0.25) is 0 Å². The lowest BCUT2D eigenvalue weighted by molar-refractivity contribution is -0.112. The van der Waals surface area contributed by atoms with Crippen molar-refractivity contribution in [2.45, 2.75) is 57.9 Å². The maximum Gasteiger partial charge on any atom is 0.335 e. The topological polar surface area (TPSA) is 72.9 Å². The molecule has 35 heavy (non-hydrogen) atoms. The van der Waals surface area contributed by atoms with Crippen LogP contribution in [0.15, 0.2) is 48.2 Å². The highest BCUT2D eigenvalue weighted by atomic mass is 16.4. The third-order valence-electron chi connectivity index (χ3n) is 7.76. The molecule has 6 nitrogen and oxygen atoms in total. The molecule has 0 unspecified atom stereocenters. The predicted octanol–water partition coefficient (Wildman–Crippen LogP) is 5.75. The fourth-order valence-electron chi connectivity index (χ4n) is 5.80. The van der Waals surface area contributed by atoms with Crippen molar-refractivity contribution in [2.24, 2.45) is 5.92 Å². The van der Waals surface area contributed by atoms with E-state index in [1.807, 2.05) is 0 Å². The van der Waals surface area contributed by atoms with E-state index in [0.717, 1.165) is 49.3 Å². The van der Waals surface area contributed by atoms with Crippen LogP contribution in [0, 0.1) is 5.92 Å². The maximum atomic E-state index is 13.5. The number of amides is 1. The number of carbonyl (C=O) groups is 2. The van der Waals surface area contributed by atoms with Crippen molar-refractivity contribution in [1.82, 2.24) is 4.90 Å². The Labute approximate surface area is 207 Å². The van der Waals surface area contributed by atoms with E-state index in [1.54, 1.807) is 30.1 Å². The Morgan fingerprint density at radius 2 is 1.66 bits per heavy atom. The van der Waals surface area contributed by atoms with Crippen LogP contribution in [0.2, 0.25) is 0 Å². The largest absolute Gasteiger partial charge is 0.478 e. The van der Waals surface area contributed by atoms with Crippen LogP contribution in [0.5, 0.6) is 0 Å². The summed E-state index contributed by atoms with van der Waals surface area (Å²) in [5, 5.41) is 13.2. The SMILES string of the molecule is CN1C(=O)C(=C(Nc2ccc(CN3CCCCC3)cc2)C2CCCCC2)c2cc(C(=O)O)ccc21. The van der Waals surface area contributed by atoms with Gasteiger partial charge in [0.05, 0.1) is 16.8 Å². The van der Waals surface area contributed by atoms with Gasteiger partial charge in [-0.1, -0.05) is 37.8 Å². The van der Waals surface area contributed by atoms with Gasteiger partial charge >= 0.3 is 5.97 Å². The summed E-state index contributed by atoms with van der Waals surface area (Å²) >= 11 is 0. The average Bonchev–Trinajstić information content (AvgIpc) is 3.14. The minimum atomic E-state index is -0.981. The highest BCUT2D eigenvalue weighted by Gasteiger charge is 2.35. The number of rotatable bonds is 6. The van der Waals surface area contributed by atoms with Crippen molar-refractivity contribution in [2.75, 3.05) is 30.4 Å². The number of carboxylic acid groups (broad SMARTS) is 1. The second kappa shape index (κ2) is 10.2. The van der Waals surface area contributed by atoms with Crippen LogP contribution in [0.4, 0.5) is 11.4 Å². The first kappa shape index (κ1) is 23.6. The number of carboxylic acids is 1. The molecule has 184 valence electrons. The van der Waals surface area contributed by atoms with Gasteiger partial charge in [0.25, 0.3) is 5.91 Å². The van der Waals surface area contributed by atoms with Gasteiger partial charge in [-0.15, -0.1) is 0 Å². The van der Waals surface area contributed by atoms with Crippen LogP contribution in [0.1, 0.15) is 72.9 Å². The number of hydrogen-bond donors (Lipinski definition) is 2. The van der Waals surface area contributed by atoms with Crippen LogP contribution in [-0.4, -0.2) is 42.0 Å². The van der Waals surface area contributed by atoms with Crippen LogP contribution >= 0.6 is 0 Å². The minimum absolute atomic E-state index is 0.0719. The number of fused-ring (bicyclic) bond motifs is 1. The van der Waals surface area contributed by atoms with E-state index < -0.39 is 5.97 Å². The number of anilines is 2. The lowest BCUT2D eigenvalue weighted by atomic mass is 9.84. The Bertz CT molecular complexity index is 1130. The smallest absolute Gasteiger partial charge is 0.335 e. The van der Waals surface area contributed by atoms with Crippen LogP contribution in [-0.2, 0) is 11.3 Å². The van der Waals surface area contributed by atoms with E-state index in [1.165, 1.54) is 44.3 Å². The van der Waals surface area contributed by atoms with Crippen LogP contribution in [0.25, 0.3) is 5.57 Å². The van der Waals surface area contributed by atoms with Gasteiger partial charge in [0.15, 0.2) is 0 Å². The first-order valence-electron chi connectivity index (χ1n) is 13.0. The number of nitrogens with one attached hydrogen (secondary N) is 1. The number of piperidine rings is 1. The zero-order valence-corrected chi connectivity index (χ0v) is 20.6. The molecule has 2 N–H and O–H groups in total. The number of aromatic carboxylic acids is 1. The van der Waals surface area contributed by atoms with Gasteiger partial charge in [0.1, 0.15) is 0 Å². The van der Waals surface area contributed by atoms with Crippen molar-refractivity contribution in [1.29, 1.82) is 0 Å². The molecule has 2 aromatic rings. The summed E-state index contributed by atoms with van der Waals surface area (Å²) in [5.74, 6) is -0.800. The molecule has 2 aliphatic heterocycles. The Balaban J connectivity index is 1.48. The molecule has 0 radical (unpaired) electrons. The van der Waals surface area contributed by atoms with Gasteiger partial charge in [0, 0.05) is 30.5 Å². The summed E-state index contributed by atoms with van der Waals surface area (Å²) < 4.78 is 0. The molecule has 2 aromatic carbocycles. The summed E-state index contributed by atoms with van der Waals surface area (Å²) in [5.41, 5.74) is 5.52. The Morgan fingerprint density at radius 1 is 0.971 bits per heavy atom. The molecule has 5 rings (SSSR count). The van der Waals surface area contributed by atoms with E-state index >= 15 is 0 Å². The Kier molecular flexibility index (Phi) is 6.91. The van der Waals surface area contributed by atoms with Crippen LogP contribution < -0.4 is 10.2 Å². The molecule has 2 fully saturated rings. The number of benzene rings is 2. The zero-order chi connectivity index (χ0) is 24.4. The first-order chi connectivity index (χ1) is 17.0. The number of allylic oxidation sites excluding steroid dienone is 1. The lowest BCUT2D eigenvalue weighted by Crippen LogP contribution is -2.29. The second-order valence-corrected chi connectivity index (χ2v) is 10.2. The molecule has 0 atom stereocenters. The maximum absolute atomic E-state index is 13.5. The molecule has 0 aromatic heterocycles. The van der Waals surface area contributed by atoms with Gasteiger partial charge < -0.3 is 15.3 Å². The number of hydrogen-bond acceptors (Lipinski definition) is 4. The number of nitrogens with zero attached hydrogens (tertiary/aromatic N) is 2. The molecule has 6 heteroatoms. The molecule has 0 bridgehead atoms. The number of carbonyl (C=O) groups excluding carboxylic acids is 1. The van der Waals surface area contributed by atoms with E-state index in [2.05, 4.69) is 34.5 Å². The molecule has 1 saturated carbocycles. The molecule has 0 spiro atoms. The zero-order valence-electron chi connectivity index (χ0n) is 20.6. The number of likely N-dealkylation sites (N-methyl/N-ethyl adjacent to an activating group) is 1. The molecular formula is C29H35N3O3. The standard InChI is InChI=1S/C29H35N3O3/c1-31-25-15-12-22(29(34)35)18-24(25)26(28(31)33)27(21-8-4-2-5-9-21)30-23-13-10-20(11-14-23)19-32-16-6-3-7-17-32/h10-15,18,21,30H,2-9,16-17,19H2,1H3,(H,34,35). The quantitative estimate of drug-likeness (QED) is 0.523. The van der Waals surface area contributed by atoms with Crippen molar-refractivity contribution in [3.05, 3.63) is 64.9 Å². The Hall–Kier alpha value is -3.12. The summed E-state index contributed by atoms with van der Waals surface area (Å²) in [6, 6.07) is 13.6. The fourth-order valence-corrected chi connectivity index (χ4v) is 5.80. The van der Waals surface area contributed by atoms with Gasteiger partial charge in [-0.25, -0.2) is 4.79 Å². The summed E-state index contributed by atoms with van der Waals surface area (Å²) in [6.45, 7) is 3.32. The van der Waals surface area contributed by atoms with Gasteiger partial charge in [-0.3, -0.25) is 9.69 Å². The van der Waals surface area contributed by atoms with E-state index in [0.29, 0.717) is 11.1 Å². The van der Waals surface area contributed by atoms with Crippen molar-refractivity contribution in [3.63, 3.8) is 0 Å². The summed E-state index contributed by atoms with van der Waals surface area (Å²) in [4.78, 5) is 29.3. The fraction of sp³-hybridized carbons (Fsp3) is 0.448. The van der Waals surface area contributed by atoms with E-state index in [4.69, 9.17) is 0 Å². The summed E-state index contributed by atoms with van der Waals surface area (Å²) in [6.07, 6.45) is 9.47.